The molecule has 0 spiro atoms. The number of hydrogen-bond donors (Lipinski definition) is 0. The lowest BCUT2D eigenvalue weighted by atomic mass is 9.53. The third-order valence-corrected chi connectivity index (χ3v) is 5.09. The first-order valence-electron chi connectivity index (χ1n) is 6.78. The molecule has 0 saturated carbocycles. The fourth-order valence-corrected chi connectivity index (χ4v) is 4.11. The number of aromatic nitrogens is 2. The van der Waals surface area contributed by atoms with Crippen LogP contribution in [0.25, 0.3) is 11.3 Å². The molecule has 5 heteroatoms. The van der Waals surface area contributed by atoms with Crippen molar-refractivity contribution in [3.05, 3.63) is 55.0 Å². The van der Waals surface area contributed by atoms with Gasteiger partial charge in [-0.15, -0.1) is 0 Å². The zero-order valence-corrected chi connectivity index (χ0v) is 11.8. The Labute approximate surface area is 126 Å². The molecule has 1 aromatic carbocycles. The zero-order chi connectivity index (χ0) is 13.8. The maximum absolute atomic E-state index is 6.25. The maximum atomic E-state index is 6.25. The fraction of sp³-hybridized carbons (Fsp3) is 0. The lowest BCUT2D eigenvalue weighted by molar-refractivity contribution is 0.584. The highest BCUT2D eigenvalue weighted by atomic mass is 32.2. The minimum absolute atomic E-state index is 0.0853. The maximum Gasteiger partial charge on any atom is 0.431 e. The lowest BCUT2D eigenvalue weighted by Gasteiger charge is -2.31. The molecule has 0 N–H and O–H groups in total. The Kier molecular flexibility index (Phi) is 2.23. The lowest BCUT2D eigenvalue weighted by Crippen LogP contribution is -2.54. The summed E-state index contributed by atoms with van der Waals surface area (Å²) in [6, 6.07) is 12.4. The van der Waals surface area contributed by atoms with Crippen LogP contribution in [-0.4, -0.2) is 16.9 Å². The van der Waals surface area contributed by atoms with E-state index in [0.717, 1.165) is 17.0 Å². The number of hydrogen-bond acceptors (Lipinski definition) is 4. The Morgan fingerprint density at radius 3 is 2.95 bits per heavy atom. The van der Waals surface area contributed by atoms with E-state index in [9.17, 15) is 0 Å². The van der Waals surface area contributed by atoms with Gasteiger partial charge in [-0.1, -0.05) is 30.0 Å². The van der Waals surface area contributed by atoms with Crippen molar-refractivity contribution in [3.8, 4) is 17.0 Å². The van der Waals surface area contributed by atoms with Crippen LogP contribution in [-0.2, 0) is 0 Å². The molecule has 2 aromatic heterocycles. The van der Waals surface area contributed by atoms with Gasteiger partial charge < -0.3 is 4.65 Å². The summed E-state index contributed by atoms with van der Waals surface area (Å²) in [4.78, 5) is 11.3. The van der Waals surface area contributed by atoms with E-state index in [4.69, 9.17) is 4.65 Å². The van der Waals surface area contributed by atoms with E-state index >= 15 is 0 Å². The molecule has 2 aliphatic rings. The van der Waals surface area contributed by atoms with Gasteiger partial charge in [0.2, 0.25) is 0 Å². The predicted octanol–water partition coefficient (Wildman–Crippen LogP) is 2.11. The monoisotopic (exact) mass is 288 g/mol. The minimum Gasteiger partial charge on any atom is -0.550 e. The van der Waals surface area contributed by atoms with Gasteiger partial charge in [0.1, 0.15) is 5.75 Å². The summed E-state index contributed by atoms with van der Waals surface area (Å²) < 4.78 is 6.25. The van der Waals surface area contributed by atoms with Gasteiger partial charge in [-0.05, 0) is 23.7 Å². The van der Waals surface area contributed by atoms with Crippen LogP contribution >= 0.6 is 11.8 Å². The summed E-state index contributed by atoms with van der Waals surface area (Å²) in [7, 11) is 0. The van der Waals surface area contributed by atoms with E-state index in [1.165, 1.54) is 20.7 Å². The van der Waals surface area contributed by atoms with Gasteiger partial charge in [-0.25, -0.2) is 0 Å². The van der Waals surface area contributed by atoms with Gasteiger partial charge in [0.15, 0.2) is 0 Å². The van der Waals surface area contributed by atoms with Gasteiger partial charge in [0, 0.05) is 33.2 Å². The summed E-state index contributed by atoms with van der Waals surface area (Å²) in [6.45, 7) is -0.0853. The molecule has 2 aliphatic heterocycles. The molecule has 21 heavy (non-hydrogen) atoms. The zero-order valence-electron chi connectivity index (χ0n) is 11.0. The second-order valence-corrected chi connectivity index (χ2v) is 6.16. The standard InChI is InChI=1S/C16H9BN2OS/c1-2-4-13-11(3-1)17-15-14(21-13)6-8-19-16(15)10-5-7-18-9-12(10)20-17/h1-9H. The van der Waals surface area contributed by atoms with E-state index in [0.29, 0.717) is 0 Å². The number of pyridine rings is 2. The summed E-state index contributed by atoms with van der Waals surface area (Å²) >= 11 is 1.79. The fourth-order valence-electron chi connectivity index (χ4n) is 3.00. The Morgan fingerprint density at radius 2 is 1.95 bits per heavy atom. The largest absolute Gasteiger partial charge is 0.550 e. The van der Waals surface area contributed by atoms with Gasteiger partial charge in [-0.2, -0.15) is 0 Å². The van der Waals surface area contributed by atoms with Crippen LogP contribution in [0, 0.1) is 0 Å². The molecule has 0 amide bonds. The van der Waals surface area contributed by atoms with Crippen molar-refractivity contribution in [1.82, 2.24) is 9.97 Å². The van der Waals surface area contributed by atoms with Crippen LogP contribution in [0.2, 0.25) is 0 Å². The molecule has 0 saturated heterocycles. The number of fused-ring (bicyclic) bond motifs is 4. The van der Waals surface area contributed by atoms with Crippen molar-refractivity contribution in [2.75, 3.05) is 0 Å². The van der Waals surface area contributed by atoms with Gasteiger partial charge in [0.05, 0.1) is 11.9 Å². The van der Waals surface area contributed by atoms with E-state index in [-0.39, 0.29) is 6.92 Å². The average molecular weight is 288 g/mol. The molecule has 3 aromatic rings. The number of nitrogens with zero attached hydrogens (tertiary/aromatic N) is 2. The minimum atomic E-state index is -0.0853. The molecule has 0 fully saturated rings. The van der Waals surface area contributed by atoms with Crippen molar-refractivity contribution >= 4 is 29.6 Å². The van der Waals surface area contributed by atoms with Crippen molar-refractivity contribution in [2.24, 2.45) is 0 Å². The van der Waals surface area contributed by atoms with Crippen LogP contribution in [0.15, 0.2) is 64.8 Å². The highest BCUT2D eigenvalue weighted by Crippen LogP contribution is 2.37. The first kappa shape index (κ1) is 11.4. The predicted molar refractivity (Wildman–Crippen MR) is 83.7 cm³/mol. The van der Waals surface area contributed by atoms with E-state index in [2.05, 4.69) is 40.3 Å². The summed E-state index contributed by atoms with van der Waals surface area (Å²) in [6.07, 6.45) is 5.44. The second kappa shape index (κ2) is 4.12. The molecular weight excluding hydrogens is 279 g/mol. The molecule has 3 nitrogen and oxygen atoms in total. The normalized spacial score (nSPS) is 13.8. The quantitative estimate of drug-likeness (QED) is 0.593. The first-order valence-corrected chi connectivity index (χ1v) is 7.60. The Hall–Kier alpha value is -2.27. The van der Waals surface area contributed by atoms with Crippen LogP contribution in [0.4, 0.5) is 0 Å². The molecular formula is C16H9BN2OS. The second-order valence-electron chi connectivity index (χ2n) is 5.08. The SMILES string of the molecule is c1ccc2c(c1)Sc1ccnc3c1B2Oc1cnccc1-3. The summed E-state index contributed by atoms with van der Waals surface area (Å²) in [5, 5.41) is 0. The topological polar surface area (TPSA) is 35.0 Å². The van der Waals surface area contributed by atoms with Crippen LogP contribution < -0.4 is 15.6 Å². The first-order chi connectivity index (χ1) is 10.4. The van der Waals surface area contributed by atoms with Crippen molar-refractivity contribution in [3.63, 3.8) is 0 Å². The number of rotatable bonds is 0. The van der Waals surface area contributed by atoms with Gasteiger partial charge >= 0.3 is 6.92 Å². The Balaban J connectivity index is 1.85. The van der Waals surface area contributed by atoms with Crippen LogP contribution in [0.3, 0.4) is 0 Å². The van der Waals surface area contributed by atoms with Crippen LogP contribution in [0.1, 0.15) is 0 Å². The van der Waals surface area contributed by atoms with E-state index in [1.54, 1.807) is 24.2 Å². The molecule has 0 unspecified atom stereocenters. The van der Waals surface area contributed by atoms with Crippen LogP contribution in [0.5, 0.6) is 5.75 Å². The molecule has 4 heterocycles. The van der Waals surface area contributed by atoms with Gasteiger partial charge in [-0.3, -0.25) is 9.97 Å². The molecule has 0 radical (unpaired) electrons. The van der Waals surface area contributed by atoms with E-state index < -0.39 is 0 Å². The molecule has 0 atom stereocenters. The average Bonchev–Trinajstić information content (AvgIpc) is 2.55. The molecule has 5 rings (SSSR count). The number of benzene rings is 1. The molecule has 0 bridgehead atoms. The van der Waals surface area contributed by atoms with Crippen molar-refractivity contribution < 1.29 is 4.65 Å². The summed E-state index contributed by atoms with van der Waals surface area (Å²) in [5.74, 6) is 0.807. The van der Waals surface area contributed by atoms with Crippen molar-refractivity contribution in [2.45, 2.75) is 9.79 Å². The van der Waals surface area contributed by atoms with E-state index in [1.807, 2.05) is 12.3 Å². The molecule has 98 valence electrons. The molecule has 0 aliphatic carbocycles. The third-order valence-electron chi connectivity index (χ3n) is 3.92. The van der Waals surface area contributed by atoms with Gasteiger partial charge in [0.25, 0.3) is 0 Å². The Morgan fingerprint density at radius 1 is 1.00 bits per heavy atom. The highest BCUT2D eigenvalue weighted by Gasteiger charge is 2.39. The van der Waals surface area contributed by atoms with Crippen molar-refractivity contribution in [1.29, 1.82) is 0 Å². The summed E-state index contributed by atoms with van der Waals surface area (Å²) in [5.41, 5.74) is 4.43. The highest BCUT2D eigenvalue weighted by molar-refractivity contribution is 8.00. The Bertz CT molecular complexity index is 884. The third kappa shape index (κ3) is 1.52. The smallest absolute Gasteiger partial charge is 0.431 e.